The first kappa shape index (κ1) is 11.7. The lowest BCUT2D eigenvalue weighted by atomic mass is 10.1. The van der Waals surface area contributed by atoms with Crippen LogP contribution in [0.3, 0.4) is 0 Å². The summed E-state index contributed by atoms with van der Waals surface area (Å²) in [6.07, 6.45) is 0. The predicted octanol–water partition coefficient (Wildman–Crippen LogP) is 2.14. The van der Waals surface area contributed by atoms with Crippen molar-refractivity contribution in [2.45, 2.75) is 12.1 Å². The van der Waals surface area contributed by atoms with Gasteiger partial charge in [-0.25, -0.2) is 4.68 Å². The Balaban J connectivity index is 1.89. The molecule has 0 bridgehead atoms. The van der Waals surface area contributed by atoms with E-state index in [4.69, 9.17) is 0 Å². The molecular weight excluding hydrogens is 266 g/mol. The molecule has 7 nitrogen and oxygen atoms in total. The van der Waals surface area contributed by atoms with Gasteiger partial charge in [-0.1, -0.05) is 11.8 Å². The molecule has 2 heterocycles. The Morgan fingerprint density at radius 1 is 1.32 bits per heavy atom. The molecule has 0 saturated heterocycles. The Kier molecular flexibility index (Phi) is 2.71. The van der Waals surface area contributed by atoms with Gasteiger partial charge in [0.2, 0.25) is 5.16 Å². The highest BCUT2D eigenvalue weighted by molar-refractivity contribution is 8.02. The topological polar surface area (TPSA) is 85.9 Å². The lowest BCUT2D eigenvalue weighted by Gasteiger charge is -2.18. The zero-order valence-electron chi connectivity index (χ0n) is 9.90. The van der Waals surface area contributed by atoms with Gasteiger partial charge in [0.25, 0.3) is 5.69 Å². The molecule has 0 aliphatic carbocycles. The molecule has 8 heteroatoms. The van der Waals surface area contributed by atoms with Crippen LogP contribution in [0.2, 0.25) is 0 Å². The van der Waals surface area contributed by atoms with Crippen LogP contribution in [0.25, 0.3) is 5.70 Å². The summed E-state index contributed by atoms with van der Waals surface area (Å²) in [6.45, 7) is 1.85. The zero-order valence-corrected chi connectivity index (χ0v) is 10.7. The molecule has 1 N–H and O–H groups in total. The fourth-order valence-electron chi connectivity index (χ4n) is 1.70. The number of nitrogens with zero attached hydrogens (tertiary/aromatic N) is 4. The van der Waals surface area contributed by atoms with Crippen molar-refractivity contribution in [2.24, 2.45) is 0 Å². The third kappa shape index (κ3) is 2.06. The molecule has 0 amide bonds. The normalized spacial score (nSPS) is 13.4. The second kappa shape index (κ2) is 4.39. The largest absolute Gasteiger partial charge is 0.290 e. The van der Waals surface area contributed by atoms with Crippen molar-refractivity contribution >= 4 is 23.1 Å². The molecule has 1 aliphatic rings. The van der Waals surface area contributed by atoms with E-state index in [-0.39, 0.29) is 5.69 Å². The third-order valence-corrected chi connectivity index (χ3v) is 3.53. The number of aromatic nitrogens is 3. The summed E-state index contributed by atoms with van der Waals surface area (Å²) < 4.78 is 1.78. The number of thioether (sulfide) groups is 1. The molecule has 96 valence electrons. The minimum absolute atomic E-state index is 0.0778. The molecule has 19 heavy (non-hydrogen) atoms. The average molecular weight is 275 g/mol. The average Bonchev–Trinajstić information content (AvgIpc) is 2.80. The smallest absolute Gasteiger partial charge is 0.269 e. The Morgan fingerprint density at radius 3 is 2.74 bits per heavy atom. The summed E-state index contributed by atoms with van der Waals surface area (Å²) in [5.41, 5.74) is 4.98. The Bertz CT molecular complexity index is 677. The molecule has 0 spiro atoms. The van der Waals surface area contributed by atoms with Gasteiger partial charge in [-0.15, -0.1) is 10.2 Å². The summed E-state index contributed by atoms with van der Waals surface area (Å²) in [5.74, 6) is 0.759. The summed E-state index contributed by atoms with van der Waals surface area (Å²) in [6, 6.07) is 6.39. The Morgan fingerprint density at radius 2 is 2.05 bits per heavy atom. The number of nitrogens with one attached hydrogen (secondary N) is 1. The van der Waals surface area contributed by atoms with Gasteiger partial charge >= 0.3 is 0 Å². The van der Waals surface area contributed by atoms with E-state index in [0.29, 0.717) is 0 Å². The van der Waals surface area contributed by atoms with Crippen LogP contribution in [0.1, 0.15) is 11.4 Å². The molecule has 0 fully saturated rings. The fraction of sp³-hybridized carbons (Fsp3) is 0.0909. The summed E-state index contributed by atoms with van der Waals surface area (Å²) in [7, 11) is 0. The van der Waals surface area contributed by atoms with E-state index < -0.39 is 4.92 Å². The molecule has 1 aromatic heterocycles. The highest BCUT2D eigenvalue weighted by Gasteiger charge is 2.16. The SMILES string of the molecule is Cc1nnc2n1NC(c1ccc([N+](=O)[O-])cc1)=CS2. The van der Waals surface area contributed by atoms with E-state index in [9.17, 15) is 10.1 Å². The first-order valence-corrected chi connectivity index (χ1v) is 6.34. The van der Waals surface area contributed by atoms with Gasteiger partial charge in [0.05, 0.1) is 10.6 Å². The van der Waals surface area contributed by atoms with Crippen molar-refractivity contribution in [3.8, 4) is 0 Å². The second-order valence-corrected chi connectivity index (χ2v) is 4.77. The lowest BCUT2D eigenvalue weighted by Crippen LogP contribution is -2.18. The van der Waals surface area contributed by atoms with Gasteiger partial charge in [0, 0.05) is 23.1 Å². The van der Waals surface area contributed by atoms with Gasteiger partial charge in [0.1, 0.15) is 5.82 Å². The van der Waals surface area contributed by atoms with Crippen LogP contribution in [0.4, 0.5) is 5.69 Å². The number of aryl methyl sites for hydroxylation is 1. The first-order chi connectivity index (χ1) is 9.15. The molecule has 0 atom stereocenters. The second-order valence-electron chi connectivity index (χ2n) is 3.93. The van der Waals surface area contributed by atoms with Crippen molar-refractivity contribution in [1.29, 1.82) is 0 Å². The number of non-ortho nitro benzene ring substituents is 1. The summed E-state index contributed by atoms with van der Waals surface area (Å²) >= 11 is 1.45. The third-order valence-electron chi connectivity index (χ3n) is 2.70. The van der Waals surface area contributed by atoms with Crippen LogP contribution in [0.15, 0.2) is 34.8 Å². The van der Waals surface area contributed by atoms with E-state index in [1.165, 1.54) is 23.9 Å². The maximum Gasteiger partial charge on any atom is 0.269 e. The maximum atomic E-state index is 10.6. The molecule has 1 aliphatic heterocycles. The van der Waals surface area contributed by atoms with Crippen LogP contribution in [0, 0.1) is 17.0 Å². The zero-order chi connectivity index (χ0) is 13.4. The molecule has 3 rings (SSSR count). The van der Waals surface area contributed by atoms with Crippen molar-refractivity contribution in [3.05, 3.63) is 51.2 Å². The monoisotopic (exact) mass is 275 g/mol. The van der Waals surface area contributed by atoms with Gasteiger partial charge in [-0.05, 0) is 19.1 Å². The minimum atomic E-state index is -0.413. The summed E-state index contributed by atoms with van der Waals surface area (Å²) in [4.78, 5) is 10.2. The highest BCUT2D eigenvalue weighted by atomic mass is 32.2. The number of hydrogen-bond donors (Lipinski definition) is 1. The standard InChI is InChI=1S/C11H9N5O2S/c1-7-12-13-11-15(7)14-10(6-19-11)8-2-4-9(5-3-8)16(17)18/h2-6,14H,1H3. The number of nitro groups is 1. The van der Waals surface area contributed by atoms with Gasteiger partial charge in [-0.2, -0.15) is 0 Å². The quantitative estimate of drug-likeness (QED) is 0.667. The van der Waals surface area contributed by atoms with E-state index in [2.05, 4.69) is 15.6 Å². The van der Waals surface area contributed by atoms with E-state index >= 15 is 0 Å². The van der Waals surface area contributed by atoms with Gasteiger partial charge < -0.3 is 0 Å². The maximum absolute atomic E-state index is 10.6. The Hall–Kier alpha value is -2.35. The Labute approximate surface area is 112 Å². The number of fused-ring (bicyclic) bond motifs is 1. The molecule has 0 unspecified atom stereocenters. The molecule has 0 saturated carbocycles. The van der Waals surface area contributed by atoms with Crippen molar-refractivity contribution in [1.82, 2.24) is 14.9 Å². The van der Waals surface area contributed by atoms with Crippen LogP contribution >= 0.6 is 11.8 Å². The fourth-order valence-corrected chi connectivity index (χ4v) is 2.48. The van der Waals surface area contributed by atoms with E-state index in [0.717, 1.165) is 22.2 Å². The number of benzene rings is 1. The van der Waals surface area contributed by atoms with Gasteiger partial charge in [0.15, 0.2) is 0 Å². The van der Waals surface area contributed by atoms with Crippen molar-refractivity contribution in [2.75, 3.05) is 5.43 Å². The van der Waals surface area contributed by atoms with Crippen molar-refractivity contribution in [3.63, 3.8) is 0 Å². The lowest BCUT2D eigenvalue weighted by molar-refractivity contribution is -0.384. The van der Waals surface area contributed by atoms with Crippen LogP contribution in [-0.2, 0) is 0 Å². The molecule has 1 aromatic carbocycles. The van der Waals surface area contributed by atoms with Crippen molar-refractivity contribution < 1.29 is 4.92 Å². The van der Waals surface area contributed by atoms with Crippen LogP contribution in [0.5, 0.6) is 0 Å². The van der Waals surface area contributed by atoms with E-state index in [1.54, 1.807) is 16.8 Å². The number of rotatable bonds is 2. The molecular formula is C11H9N5O2S. The van der Waals surface area contributed by atoms with E-state index in [1.807, 2.05) is 12.3 Å². The molecule has 0 radical (unpaired) electrons. The summed E-state index contributed by atoms with van der Waals surface area (Å²) in [5, 5.41) is 21.3. The van der Waals surface area contributed by atoms with Crippen LogP contribution in [-0.4, -0.2) is 19.8 Å². The predicted molar refractivity (Wildman–Crippen MR) is 71.1 cm³/mol. The molecule has 2 aromatic rings. The first-order valence-electron chi connectivity index (χ1n) is 5.46. The van der Waals surface area contributed by atoms with Gasteiger partial charge in [-0.3, -0.25) is 15.5 Å². The minimum Gasteiger partial charge on any atom is -0.290 e. The van der Waals surface area contributed by atoms with Crippen LogP contribution < -0.4 is 5.43 Å². The number of hydrogen-bond acceptors (Lipinski definition) is 6. The highest BCUT2D eigenvalue weighted by Crippen LogP contribution is 2.28. The number of nitro benzene ring substituents is 1.